The molecule has 1 aromatic heterocycles. The van der Waals surface area contributed by atoms with Crippen LogP contribution in [0.2, 0.25) is 0 Å². The molecule has 1 aliphatic rings. The highest BCUT2D eigenvalue weighted by atomic mass is 16.7. The van der Waals surface area contributed by atoms with Crippen molar-refractivity contribution in [3.8, 4) is 11.5 Å². The zero-order chi connectivity index (χ0) is 15.1. The Bertz CT molecular complexity index is 849. The Balaban J connectivity index is 1.67. The number of aromatic nitrogens is 2. The van der Waals surface area contributed by atoms with Crippen LogP contribution in [-0.4, -0.2) is 21.7 Å². The predicted molar refractivity (Wildman–Crippen MR) is 78.6 cm³/mol. The fourth-order valence-corrected chi connectivity index (χ4v) is 2.29. The molecule has 3 aromatic rings. The molecule has 2 N–H and O–H groups in total. The summed E-state index contributed by atoms with van der Waals surface area (Å²) in [5.41, 5.74) is 2.10. The molecule has 22 heavy (non-hydrogen) atoms. The minimum Gasteiger partial charge on any atom is -0.454 e. The highest BCUT2D eigenvalue weighted by Crippen LogP contribution is 2.35. The predicted octanol–water partition coefficient (Wildman–Crippen LogP) is 2.94. The third-order valence-electron chi connectivity index (χ3n) is 3.30. The van der Waals surface area contributed by atoms with E-state index in [-0.39, 0.29) is 12.5 Å². The van der Waals surface area contributed by atoms with Gasteiger partial charge in [0.1, 0.15) is 0 Å². The zero-order valence-electron chi connectivity index (χ0n) is 11.2. The molecule has 0 saturated carbocycles. The second-order valence-electron chi connectivity index (χ2n) is 4.74. The number of nitrogens with zero attached hydrogens (tertiary/aromatic N) is 2. The summed E-state index contributed by atoms with van der Waals surface area (Å²) in [7, 11) is 0. The first-order valence-corrected chi connectivity index (χ1v) is 6.50. The van der Waals surface area contributed by atoms with Crippen LogP contribution in [-0.2, 0) is 0 Å². The monoisotopic (exact) mass is 298 g/mol. The number of rotatable bonds is 3. The second kappa shape index (κ2) is 4.62. The lowest BCUT2D eigenvalue weighted by molar-refractivity contribution is -0.384. The fraction of sp³-hybridized carbons (Fsp3) is 0.0714. The summed E-state index contributed by atoms with van der Waals surface area (Å²) in [6.07, 6.45) is 0. The third kappa shape index (κ3) is 2.06. The van der Waals surface area contributed by atoms with Crippen molar-refractivity contribution in [2.75, 3.05) is 12.1 Å². The van der Waals surface area contributed by atoms with E-state index in [9.17, 15) is 10.1 Å². The van der Waals surface area contributed by atoms with Gasteiger partial charge in [0.25, 0.3) is 5.69 Å². The molecular formula is C14H10N4O4. The van der Waals surface area contributed by atoms with Crippen LogP contribution in [0.5, 0.6) is 11.5 Å². The molecule has 0 unspecified atom stereocenters. The van der Waals surface area contributed by atoms with Crippen molar-refractivity contribution in [1.82, 2.24) is 9.97 Å². The van der Waals surface area contributed by atoms with Crippen LogP contribution in [0.3, 0.4) is 0 Å². The van der Waals surface area contributed by atoms with Gasteiger partial charge >= 0.3 is 0 Å². The molecule has 0 saturated heterocycles. The molecule has 0 aliphatic carbocycles. The van der Waals surface area contributed by atoms with E-state index in [1.54, 1.807) is 18.2 Å². The van der Waals surface area contributed by atoms with Gasteiger partial charge in [-0.2, -0.15) is 0 Å². The Morgan fingerprint density at radius 1 is 1.23 bits per heavy atom. The van der Waals surface area contributed by atoms with Crippen LogP contribution in [0.25, 0.3) is 11.0 Å². The number of hydrogen-bond donors (Lipinski definition) is 2. The van der Waals surface area contributed by atoms with Crippen molar-refractivity contribution >= 4 is 28.4 Å². The highest BCUT2D eigenvalue weighted by Gasteiger charge is 2.16. The van der Waals surface area contributed by atoms with Crippen LogP contribution in [0.1, 0.15) is 0 Å². The number of ether oxygens (including phenoxy) is 2. The first kappa shape index (κ1) is 12.5. The van der Waals surface area contributed by atoms with E-state index in [2.05, 4.69) is 15.3 Å². The van der Waals surface area contributed by atoms with Crippen molar-refractivity contribution in [1.29, 1.82) is 0 Å². The van der Waals surface area contributed by atoms with E-state index < -0.39 is 4.92 Å². The van der Waals surface area contributed by atoms with E-state index in [1.165, 1.54) is 12.1 Å². The van der Waals surface area contributed by atoms with Crippen LogP contribution < -0.4 is 14.8 Å². The maximum Gasteiger partial charge on any atom is 0.271 e. The first-order chi connectivity index (χ1) is 10.7. The number of nitro benzene ring substituents is 1. The van der Waals surface area contributed by atoms with Gasteiger partial charge in [0, 0.05) is 30.0 Å². The van der Waals surface area contributed by atoms with Gasteiger partial charge in [-0.1, -0.05) is 6.07 Å². The first-order valence-electron chi connectivity index (χ1n) is 6.50. The van der Waals surface area contributed by atoms with E-state index in [0.717, 1.165) is 11.0 Å². The molecule has 1 aliphatic heterocycles. The number of non-ortho nitro benzene ring substituents is 1. The minimum absolute atomic E-state index is 0.0156. The highest BCUT2D eigenvalue weighted by molar-refractivity contribution is 5.82. The molecule has 0 spiro atoms. The molecule has 2 aromatic carbocycles. The molecule has 0 radical (unpaired) electrons. The molecule has 0 fully saturated rings. The topological polar surface area (TPSA) is 102 Å². The molecule has 0 bridgehead atoms. The van der Waals surface area contributed by atoms with Gasteiger partial charge in [-0.05, 0) is 6.07 Å². The molecular weight excluding hydrogens is 288 g/mol. The normalized spacial score (nSPS) is 12.5. The number of H-pyrrole nitrogens is 1. The standard InChI is InChI=1S/C14H10N4O4/c19-18(20)9-3-1-2-8(4-9)15-14-16-10-5-12-13(22-7-21-12)6-11(10)17-14/h1-6H,7H2,(H2,15,16,17). The maximum atomic E-state index is 10.8. The lowest BCUT2D eigenvalue weighted by atomic mass is 10.3. The second-order valence-corrected chi connectivity index (χ2v) is 4.74. The van der Waals surface area contributed by atoms with Crippen molar-refractivity contribution in [2.45, 2.75) is 0 Å². The van der Waals surface area contributed by atoms with Gasteiger partial charge in [-0.25, -0.2) is 4.98 Å². The smallest absolute Gasteiger partial charge is 0.271 e. The van der Waals surface area contributed by atoms with E-state index in [4.69, 9.17) is 9.47 Å². The number of benzene rings is 2. The van der Waals surface area contributed by atoms with Gasteiger partial charge in [0.15, 0.2) is 11.5 Å². The number of aromatic amines is 1. The summed E-state index contributed by atoms with van der Waals surface area (Å²) < 4.78 is 10.6. The van der Waals surface area contributed by atoms with Crippen molar-refractivity contribution in [2.24, 2.45) is 0 Å². The molecule has 8 heteroatoms. The summed E-state index contributed by atoms with van der Waals surface area (Å²) in [6.45, 7) is 0.209. The van der Waals surface area contributed by atoms with Crippen LogP contribution >= 0.6 is 0 Å². The van der Waals surface area contributed by atoms with Gasteiger partial charge in [-0.15, -0.1) is 0 Å². The van der Waals surface area contributed by atoms with E-state index in [0.29, 0.717) is 23.1 Å². The Morgan fingerprint density at radius 3 is 2.86 bits per heavy atom. The van der Waals surface area contributed by atoms with Crippen LogP contribution in [0, 0.1) is 10.1 Å². The Labute approximate surface area is 123 Å². The summed E-state index contributed by atoms with van der Waals surface area (Å²) in [5, 5.41) is 13.8. The zero-order valence-corrected chi connectivity index (χ0v) is 11.2. The molecule has 8 nitrogen and oxygen atoms in total. The van der Waals surface area contributed by atoms with Crippen molar-refractivity contribution < 1.29 is 14.4 Å². The largest absolute Gasteiger partial charge is 0.454 e. The summed E-state index contributed by atoms with van der Waals surface area (Å²) in [4.78, 5) is 17.8. The molecule has 4 rings (SSSR count). The summed E-state index contributed by atoms with van der Waals surface area (Å²) in [6, 6.07) is 9.81. The lowest BCUT2D eigenvalue weighted by Crippen LogP contribution is -1.94. The quantitative estimate of drug-likeness (QED) is 0.569. The molecule has 2 heterocycles. The van der Waals surface area contributed by atoms with E-state index >= 15 is 0 Å². The third-order valence-corrected chi connectivity index (χ3v) is 3.30. The van der Waals surface area contributed by atoms with Gasteiger partial charge in [0.2, 0.25) is 12.7 Å². The molecule has 0 amide bonds. The van der Waals surface area contributed by atoms with Gasteiger partial charge in [0.05, 0.1) is 16.0 Å². The van der Waals surface area contributed by atoms with Gasteiger partial charge < -0.3 is 19.8 Å². The van der Waals surface area contributed by atoms with Crippen molar-refractivity contribution in [3.05, 3.63) is 46.5 Å². The molecule has 110 valence electrons. The number of anilines is 2. The average molecular weight is 298 g/mol. The SMILES string of the molecule is O=[N+]([O-])c1cccc(Nc2nc3cc4c(cc3[nH]2)OCO4)c1. The number of imidazole rings is 1. The number of nitrogens with one attached hydrogen (secondary N) is 2. The van der Waals surface area contributed by atoms with E-state index in [1.807, 2.05) is 6.07 Å². The summed E-state index contributed by atoms with van der Waals surface area (Å²) >= 11 is 0. The maximum absolute atomic E-state index is 10.8. The summed E-state index contributed by atoms with van der Waals surface area (Å²) in [5.74, 6) is 1.80. The Hall–Kier alpha value is -3.29. The molecule has 0 atom stereocenters. The number of nitro groups is 1. The lowest BCUT2D eigenvalue weighted by Gasteiger charge is -2.01. The Kier molecular flexibility index (Phi) is 2.62. The van der Waals surface area contributed by atoms with Crippen molar-refractivity contribution in [3.63, 3.8) is 0 Å². The van der Waals surface area contributed by atoms with Crippen LogP contribution in [0.4, 0.5) is 17.3 Å². The average Bonchev–Trinajstić information content (AvgIpc) is 3.09. The minimum atomic E-state index is -0.441. The van der Waals surface area contributed by atoms with Crippen LogP contribution in [0.15, 0.2) is 36.4 Å². The van der Waals surface area contributed by atoms with Gasteiger partial charge in [-0.3, -0.25) is 10.1 Å². The number of hydrogen-bond acceptors (Lipinski definition) is 6. The Morgan fingerprint density at radius 2 is 2.05 bits per heavy atom. The number of fused-ring (bicyclic) bond motifs is 2. The fourth-order valence-electron chi connectivity index (χ4n) is 2.29.